The van der Waals surface area contributed by atoms with E-state index in [9.17, 15) is 9.59 Å². The molecule has 6 aromatic rings. The van der Waals surface area contributed by atoms with Gasteiger partial charge < -0.3 is 14.4 Å². The molecular weight excluding hydrogens is 534 g/mol. The van der Waals surface area contributed by atoms with E-state index in [-0.39, 0.29) is 0 Å². The second kappa shape index (κ2) is 11.3. The zero-order valence-corrected chi connectivity index (χ0v) is 24.0. The average molecular weight is 564 g/mol. The highest BCUT2D eigenvalue weighted by molar-refractivity contribution is 6.08. The fourth-order valence-electron chi connectivity index (χ4n) is 5.19. The molecule has 5 heteroatoms. The molecule has 210 valence electrons. The quantitative estimate of drug-likeness (QED) is 0.110. The van der Waals surface area contributed by atoms with Crippen LogP contribution in [0.1, 0.15) is 13.8 Å². The van der Waals surface area contributed by atoms with Gasteiger partial charge in [0.1, 0.15) is 11.5 Å². The molecule has 0 aromatic heterocycles. The van der Waals surface area contributed by atoms with Crippen molar-refractivity contribution in [2.24, 2.45) is 0 Å². The largest absolute Gasteiger partial charge is 0.423 e. The van der Waals surface area contributed by atoms with Crippen molar-refractivity contribution in [1.82, 2.24) is 0 Å². The fraction of sp³-hybridized carbons (Fsp3) is 0.0526. The predicted molar refractivity (Wildman–Crippen MR) is 175 cm³/mol. The van der Waals surface area contributed by atoms with Crippen LogP contribution in [-0.2, 0) is 9.59 Å². The zero-order valence-electron chi connectivity index (χ0n) is 24.0. The molecule has 0 spiro atoms. The molecule has 43 heavy (non-hydrogen) atoms. The maximum atomic E-state index is 12.5. The Kier molecular flexibility index (Phi) is 7.22. The van der Waals surface area contributed by atoms with Crippen LogP contribution in [0.5, 0.6) is 11.5 Å². The van der Waals surface area contributed by atoms with Crippen molar-refractivity contribution in [2.75, 3.05) is 4.90 Å². The minimum atomic E-state index is -0.477. The lowest BCUT2D eigenvalue weighted by atomic mass is 10.0. The summed E-state index contributed by atoms with van der Waals surface area (Å²) in [4.78, 5) is 27.1. The summed E-state index contributed by atoms with van der Waals surface area (Å²) in [5.41, 5.74) is 3.36. The van der Waals surface area contributed by atoms with Crippen molar-refractivity contribution in [3.63, 3.8) is 0 Å². The van der Waals surface area contributed by atoms with Crippen LogP contribution in [0.3, 0.4) is 0 Å². The number of benzene rings is 6. The first kappa shape index (κ1) is 27.5. The Bertz CT molecular complexity index is 1980. The Morgan fingerprint density at radius 3 is 1.51 bits per heavy atom. The van der Waals surface area contributed by atoms with Crippen LogP contribution in [0.4, 0.5) is 17.1 Å². The van der Waals surface area contributed by atoms with Crippen LogP contribution in [0.15, 0.2) is 140 Å². The van der Waals surface area contributed by atoms with E-state index in [1.165, 1.54) is 0 Å². The van der Waals surface area contributed by atoms with Crippen molar-refractivity contribution < 1.29 is 19.1 Å². The third kappa shape index (κ3) is 5.24. The van der Waals surface area contributed by atoms with Gasteiger partial charge in [-0.3, -0.25) is 0 Å². The SMILES string of the molecule is C=C(C)C(=O)Oc1cccc2c(N(c3ccc4ccccc4c3)c3cccc4c(OC(=O)C(=C)C)cccc34)cccc12. The number of rotatable bonds is 7. The van der Waals surface area contributed by atoms with Crippen molar-refractivity contribution in [3.8, 4) is 11.5 Å². The molecule has 0 fully saturated rings. The number of ether oxygens (including phenoxy) is 2. The summed E-state index contributed by atoms with van der Waals surface area (Å²) < 4.78 is 11.4. The molecule has 0 saturated carbocycles. The summed E-state index contributed by atoms with van der Waals surface area (Å²) in [7, 11) is 0. The van der Waals surface area contributed by atoms with Gasteiger partial charge in [0.05, 0.1) is 11.4 Å². The van der Waals surface area contributed by atoms with Crippen LogP contribution in [0.2, 0.25) is 0 Å². The van der Waals surface area contributed by atoms with Gasteiger partial charge in [-0.25, -0.2) is 9.59 Å². The summed E-state index contributed by atoms with van der Waals surface area (Å²) >= 11 is 0. The molecular formula is C38H29NO4. The van der Waals surface area contributed by atoms with Gasteiger partial charge in [-0.1, -0.05) is 92.0 Å². The number of hydrogen-bond acceptors (Lipinski definition) is 5. The van der Waals surface area contributed by atoms with E-state index in [1.54, 1.807) is 26.0 Å². The second-order valence-electron chi connectivity index (χ2n) is 10.5. The molecule has 6 aromatic carbocycles. The monoisotopic (exact) mass is 563 g/mol. The summed E-state index contributed by atoms with van der Waals surface area (Å²) in [5.74, 6) is -0.0409. The van der Waals surface area contributed by atoms with Crippen molar-refractivity contribution in [2.45, 2.75) is 13.8 Å². The molecule has 0 atom stereocenters. The normalized spacial score (nSPS) is 10.9. The molecule has 0 aliphatic heterocycles. The molecule has 0 aliphatic rings. The third-order valence-electron chi connectivity index (χ3n) is 7.29. The highest BCUT2D eigenvalue weighted by atomic mass is 16.5. The van der Waals surface area contributed by atoms with Gasteiger partial charge in [-0.2, -0.15) is 0 Å². The van der Waals surface area contributed by atoms with Gasteiger partial charge in [0.15, 0.2) is 0 Å². The summed E-state index contributed by atoms with van der Waals surface area (Å²) in [6, 6.07) is 37.8. The molecule has 0 N–H and O–H groups in total. The molecule has 0 bridgehead atoms. The lowest BCUT2D eigenvalue weighted by molar-refractivity contribution is -0.130. The zero-order chi connectivity index (χ0) is 30.1. The average Bonchev–Trinajstić information content (AvgIpc) is 3.01. The number of fused-ring (bicyclic) bond motifs is 3. The number of nitrogens with zero attached hydrogens (tertiary/aromatic N) is 1. The molecule has 5 nitrogen and oxygen atoms in total. The van der Waals surface area contributed by atoms with Gasteiger partial charge >= 0.3 is 11.9 Å². The first-order valence-electron chi connectivity index (χ1n) is 13.9. The van der Waals surface area contributed by atoms with Crippen LogP contribution >= 0.6 is 0 Å². The lowest BCUT2D eigenvalue weighted by Gasteiger charge is -2.29. The molecule has 0 heterocycles. The van der Waals surface area contributed by atoms with Crippen LogP contribution in [0.25, 0.3) is 32.3 Å². The number of carbonyl (C=O) groups excluding carboxylic acids is 2. The highest BCUT2D eigenvalue weighted by Crippen LogP contribution is 2.45. The Balaban J connectivity index is 1.61. The van der Waals surface area contributed by atoms with Crippen molar-refractivity contribution >= 4 is 61.3 Å². The Hall–Kier alpha value is -5.68. The third-order valence-corrected chi connectivity index (χ3v) is 7.29. The molecule has 6 rings (SSSR count). The Labute approximate surface area is 249 Å². The Morgan fingerprint density at radius 2 is 1.00 bits per heavy atom. The number of hydrogen-bond donors (Lipinski definition) is 0. The number of carbonyl (C=O) groups is 2. The predicted octanol–water partition coefficient (Wildman–Crippen LogP) is 9.58. The molecule has 0 aliphatic carbocycles. The first-order chi connectivity index (χ1) is 20.8. The van der Waals surface area contributed by atoms with Crippen LogP contribution < -0.4 is 14.4 Å². The minimum Gasteiger partial charge on any atom is -0.423 e. The van der Waals surface area contributed by atoms with Crippen molar-refractivity contribution in [3.05, 3.63) is 140 Å². The lowest BCUT2D eigenvalue weighted by Crippen LogP contribution is -2.12. The van der Waals surface area contributed by atoms with E-state index in [4.69, 9.17) is 9.47 Å². The molecule has 0 saturated heterocycles. The van der Waals surface area contributed by atoms with Gasteiger partial charge in [0, 0.05) is 38.4 Å². The van der Waals surface area contributed by atoms with Gasteiger partial charge in [0.2, 0.25) is 0 Å². The van der Waals surface area contributed by atoms with Crippen LogP contribution in [-0.4, -0.2) is 11.9 Å². The van der Waals surface area contributed by atoms with E-state index < -0.39 is 11.9 Å². The van der Waals surface area contributed by atoms with E-state index in [1.807, 2.05) is 72.8 Å². The fourth-order valence-corrected chi connectivity index (χ4v) is 5.19. The smallest absolute Gasteiger partial charge is 0.338 e. The van der Waals surface area contributed by atoms with Gasteiger partial charge in [-0.05, 0) is 61.0 Å². The minimum absolute atomic E-state index is 0.324. The molecule has 0 amide bonds. The molecule has 0 radical (unpaired) electrons. The van der Waals surface area contributed by atoms with E-state index >= 15 is 0 Å². The summed E-state index contributed by atoms with van der Waals surface area (Å²) in [5, 5.41) is 5.59. The standard InChI is InChI=1S/C38H29NO4/c1-24(2)37(40)42-35-19-9-13-29-31(35)15-7-17-33(29)39(28-22-21-26-11-5-6-12-27(26)23-28)34-18-8-16-32-30(34)14-10-20-36(32)43-38(41)25(3)4/h5-23H,1,3H2,2,4H3. The second-order valence-corrected chi connectivity index (χ2v) is 10.5. The number of esters is 2. The topological polar surface area (TPSA) is 55.8 Å². The maximum absolute atomic E-state index is 12.5. The number of anilines is 3. The maximum Gasteiger partial charge on any atom is 0.338 e. The van der Waals surface area contributed by atoms with E-state index in [0.29, 0.717) is 22.6 Å². The van der Waals surface area contributed by atoms with E-state index in [2.05, 4.69) is 48.4 Å². The van der Waals surface area contributed by atoms with Gasteiger partial charge in [0.25, 0.3) is 0 Å². The first-order valence-corrected chi connectivity index (χ1v) is 13.9. The Morgan fingerprint density at radius 1 is 0.535 bits per heavy atom. The van der Waals surface area contributed by atoms with Gasteiger partial charge in [-0.15, -0.1) is 0 Å². The highest BCUT2D eigenvalue weighted by Gasteiger charge is 2.21. The van der Waals surface area contributed by atoms with Crippen molar-refractivity contribution in [1.29, 1.82) is 0 Å². The van der Waals surface area contributed by atoms with Crippen LogP contribution in [0, 0.1) is 0 Å². The summed E-state index contributed by atoms with van der Waals surface area (Å²) in [6.45, 7) is 10.7. The van der Waals surface area contributed by atoms with E-state index in [0.717, 1.165) is 49.4 Å². The molecule has 0 unspecified atom stereocenters. The summed E-state index contributed by atoms with van der Waals surface area (Å²) in [6.07, 6.45) is 0.